The van der Waals surface area contributed by atoms with E-state index < -0.39 is 25.8 Å². The monoisotopic (exact) mass is 536 g/mol. The second-order valence-corrected chi connectivity index (χ2v) is 13.2. The average molecular weight is 537 g/mol. The van der Waals surface area contributed by atoms with E-state index in [-0.39, 0.29) is 47.9 Å². The lowest BCUT2D eigenvalue weighted by Crippen LogP contribution is -2.65. The molecule has 36 heavy (non-hydrogen) atoms. The summed E-state index contributed by atoms with van der Waals surface area (Å²) >= 11 is 0. The normalized spacial score (nSPS) is 27.6. The lowest BCUT2D eigenvalue weighted by atomic mass is 9.74. The van der Waals surface area contributed by atoms with Gasteiger partial charge >= 0.3 is 0 Å². The van der Waals surface area contributed by atoms with E-state index in [1.807, 2.05) is 0 Å². The molecule has 2 saturated heterocycles. The number of methoxy groups -OCH3 is 2. The number of fused-ring (bicyclic) bond motifs is 2. The fourth-order valence-corrected chi connectivity index (χ4v) is 9.47. The van der Waals surface area contributed by atoms with E-state index >= 15 is 0 Å². The van der Waals surface area contributed by atoms with Gasteiger partial charge in [-0.2, -0.15) is 8.61 Å². The van der Waals surface area contributed by atoms with Crippen molar-refractivity contribution in [2.45, 2.75) is 53.7 Å². The first-order valence-electron chi connectivity index (χ1n) is 12.2. The van der Waals surface area contributed by atoms with Crippen LogP contribution in [0, 0.1) is 5.92 Å². The van der Waals surface area contributed by atoms with E-state index in [0.29, 0.717) is 24.3 Å². The van der Waals surface area contributed by atoms with Crippen molar-refractivity contribution in [3.63, 3.8) is 0 Å². The first kappa shape index (κ1) is 25.5. The molecule has 196 valence electrons. The van der Waals surface area contributed by atoms with Gasteiger partial charge in [-0.15, -0.1) is 0 Å². The van der Waals surface area contributed by atoms with E-state index in [1.165, 1.54) is 18.5 Å². The van der Waals surface area contributed by atoms with E-state index in [2.05, 4.69) is 0 Å². The topological polar surface area (TPSA) is 102 Å². The van der Waals surface area contributed by atoms with Gasteiger partial charge in [0.25, 0.3) is 0 Å². The third-order valence-electron chi connectivity index (χ3n) is 7.75. The second kappa shape index (κ2) is 9.60. The van der Waals surface area contributed by atoms with Gasteiger partial charge in [0.1, 0.15) is 17.2 Å². The van der Waals surface area contributed by atoms with Crippen LogP contribution in [0.3, 0.4) is 0 Å². The number of nitrogens with zero attached hydrogens (tertiary/aromatic N) is 2. The molecule has 1 saturated carbocycles. The Balaban J connectivity index is 1.49. The highest BCUT2D eigenvalue weighted by atomic mass is 32.2. The van der Waals surface area contributed by atoms with Crippen molar-refractivity contribution in [3.05, 3.63) is 48.5 Å². The van der Waals surface area contributed by atoms with Gasteiger partial charge in [0.15, 0.2) is 0 Å². The van der Waals surface area contributed by atoms with E-state index in [9.17, 15) is 16.8 Å². The Kier molecular flexibility index (Phi) is 6.80. The molecule has 3 unspecified atom stereocenters. The molecular weight excluding hydrogens is 504 g/mol. The Hall–Kier alpha value is -2.18. The Morgan fingerprint density at radius 1 is 0.806 bits per heavy atom. The number of hydrogen-bond donors (Lipinski definition) is 0. The third-order valence-corrected chi connectivity index (χ3v) is 11.6. The van der Waals surface area contributed by atoms with Crippen LogP contribution in [0.5, 0.6) is 11.5 Å². The zero-order valence-electron chi connectivity index (χ0n) is 20.5. The fourth-order valence-electron chi connectivity index (χ4n) is 6.04. The summed E-state index contributed by atoms with van der Waals surface area (Å²) in [5.41, 5.74) is -1.06. The number of sulfonamides is 2. The van der Waals surface area contributed by atoms with E-state index in [4.69, 9.17) is 14.2 Å². The molecule has 0 bridgehead atoms. The zero-order valence-corrected chi connectivity index (χ0v) is 22.1. The third kappa shape index (κ3) is 4.10. The molecule has 2 aromatic rings. The molecule has 2 aromatic carbocycles. The van der Waals surface area contributed by atoms with Crippen molar-refractivity contribution in [1.29, 1.82) is 0 Å². The smallest absolute Gasteiger partial charge is 0.245 e. The largest absolute Gasteiger partial charge is 0.497 e. The lowest BCUT2D eigenvalue weighted by Gasteiger charge is -2.54. The average Bonchev–Trinajstić information content (AvgIpc) is 3.34. The molecule has 0 N–H and O–H groups in total. The highest BCUT2D eigenvalue weighted by Gasteiger charge is 2.60. The van der Waals surface area contributed by atoms with Gasteiger partial charge in [-0.05, 0) is 61.4 Å². The number of rotatable bonds is 6. The predicted molar refractivity (Wildman–Crippen MR) is 133 cm³/mol. The molecule has 0 amide bonds. The van der Waals surface area contributed by atoms with Crippen LogP contribution >= 0.6 is 0 Å². The maximum Gasteiger partial charge on any atom is 0.245 e. The minimum absolute atomic E-state index is 0.175. The first-order valence-corrected chi connectivity index (χ1v) is 15.1. The highest BCUT2D eigenvalue weighted by Crippen LogP contribution is 2.50. The van der Waals surface area contributed by atoms with Gasteiger partial charge in [0, 0.05) is 31.5 Å². The molecule has 9 nitrogen and oxygen atoms in total. The van der Waals surface area contributed by atoms with Gasteiger partial charge in [0.2, 0.25) is 20.0 Å². The molecule has 2 aliphatic heterocycles. The molecular formula is C25H32N2O7S2. The molecule has 3 aliphatic rings. The highest BCUT2D eigenvalue weighted by molar-refractivity contribution is 7.89. The van der Waals surface area contributed by atoms with Crippen LogP contribution in [0.4, 0.5) is 0 Å². The molecule has 3 atom stereocenters. The summed E-state index contributed by atoms with van der Waals surface area (Å²) in [5.74, 6) is 0.898. The van der Waals surface area contributed by atoms with Crippen LogP contribution in [0.25, 0.3) is 0 Å². The number of ether oxygens (including phenoxy) is 3. The Morgan fingerprint density at radius 3 is 1.94 bits per heavy atom. The first-order chi connectivity index (χ1) is 17.2. The quantitative estimate of drug-likeness (QED) is 0.559. The molecule has 0 aromatic heterocycles. The van der Waals surface area contributed by atoms with E-state index in [1.54, 1.807) is 52.8 Å². The maximum absolute atomic E-state index is 13.8. The van der Waals surface area contributed by atoms with Crippen LogP contribution in [0.2, 0.25) is 0 Å². The van der Waals surface area contributed by atoms with E-state index in [0.717, 1.165) is 12.8 Å². The summed E-state index contributed by atoms with van der Waals surface area (Å²) in [4.78, 5) is 0.382. The minimum Gasteiger partial charge on any atom is -0.497 e. The van der Waals surface area contributed by atoms with Crippen molar-refractivity contribution in [3.8, 4) is 11.5 Å². The summed E-state index contributed by atoms with van der Waals surface area (Å²) < 4.78 is 74.7. The van der Waals surface area contributed by atoms with Crippen LogP contribution < -0.4 is 9.47 Å². The molecule has 3 fully saturated rings. The molecule has 2 heterocycles. The predicted octanol–water partition coefficient (Wildman–Crippen LogP) is 3.07. The number of benzene rings is 2. The lowest BCUT2D eigenvalue weighted by molar-refractivity contribution is -0.150. The summed E-state index contributed by atoms with van der Waals surface area (Å²) in [6.45, 7) is 0.705. The van der Waals surface area contributed by atoms with Crippen molar-refractivity contribution >= 4 is 20.0 Å². The Bertz CT molecular complexity index is 1300. The van der Waals surface area contributed by atoms with Crippen LogP contribution in [0.15, 0.2) is 58.3 Å². The molecule has 0 radical (unpaired) electrons. The SMILES string of the molecule is COc1ccc(S(=O)(=O)N2CCC3(OCCN3S(=O)(=O)c3ccc(OC)cc3)C3CCCCC32)cc1. The minimum atomic E-state index is -3.86. The van der Waals surface area contributed by atoms with Crippen molar-refractivity contribution in [1.82, 2.24) is 8.61 Å². The van der Waals surface area contributed by atoms with Crippen molar-refractivity contribution in [2.24, 2.45) is 5.92 Å². The van der Waals surface area contributed by atoms with Gasteiger partial charge < -0.3 is 14.2 Å². The molecule has 11 heteroatoms. The van der Waals surface area contributed by atoms with Crippen LogP contribution in [0.1, 0.15) is 32.1 Å². The van der Waals surface area contributed by atoms with Crippen molar-refractivity contribution < 1.29 is 31.0 Å². The second-order valence-electron chi connectivity index (χ2n) is 9.45. The maximum atomic E-state index is 13.8. The summed E-state index contributed by atoms with van der Waals surface area (Å²) in [7, 11) is -4.57. The van der Waals surface area contributed by atoms with Gasteiger partial charge in [0.05, 0.1) is 30.6 Å². The molecule has 5 rings (SSSR count). The Morgan fingerprint density at radius 2 is 1.36 bits per heavy atom. The van der Waals surface area contributed by atoms with Gasteiger partial charge in [-0.1, -0.05) is 12.8 Å². The molecule has 1 spiro atoms. The zero-order chi connectivity index (χ0) is 25.6. The van der Waals surface area contributed by atoms with Crippen LogP contribution in [-0.4, -0.2) is 71.1 Å². The standard InChI is InChI=1S/C25H32N2O7S2/c1-32-19-7-11-21(12-8-19)35(28,29)26-16-15-25(23-5-3-4-6-24(23)26)27(17-18-34-25)36(30,31)22-13-9-20(33-2)10-14-22/h7-14,23-24H,3-6,15-18H2,1-2H3. The molecule has 1 aliphatic carbocycles. The Labute approximate surface area is 213 Å². The van der Waals surface area contributed by atoms with Crippen LogP contribution in [-0.2, 0) is 24.8 Å². The summed E-state index contributed by atoms with van der Waals surface area (Å²) in [5, 5.41) is 0. The van der Waals surface area contributed by atoms with Gasteiger partial charge in [-0.25, -0.2) is 16.8 Å². The van der Waals surface area contributed by atoms with Gasteiger partial charge in [-0.3, -0.25) is 0 Å². The fraction of sp³-hybridized carbons (Fsp3) is 0.520. The summed E-state index contributed by atoms with van der Waals surface area (Å²) in [6, 6.07) is 12.4. The summed E-state index contributed by atoms with van der Waals surface area (Å²) in [6.07, 6.45) is 3.44. The number of piperidine rings is 1. The van der Waals surface area contributed by atoms with Crippen molar-refractivity contribution in [2.75, 3.05) is 33.9 Å². The number of hydrogen-bond acceptors (Lipinski definition) is 7.